The van der Waals surface area contributed by atoms with E-state index in [0.29, 0.717) is 6.04 Å². The van der Waals surface area contributed by atoms with Gasteiger partial charge in [0.05, 0.1) is 0 Å². The summed E-state index contributed by atoms with van der Waals surface area (Å²) < 4.78 is 0. The van der Waals surface area contributed by atoms with Crippen LogP contribution in [0.2, 0.25) is 0 Å². The second kappa shape index (κ2) is 5.30. The van der Waals surface area contributed by atoms with Crippen LogP contribution in [0.5, 0.6) is 0 Å². The monoisotopic (exact) mass is 238 g/mol. The molecule has 3 heteroatoms. The predicted molar refractivity (Wildman–Crippen MR) is 71.0 cm³/mol. The van der Waals surface area contributed by atoms with Crippen molar-refractivity contribution in [1.29, 1.82) is 0 Å². The Morgan fingerprint density at radius 3 is 2.94 bits per heavy atom. The fourth-order valence-electron chi connectivity index (χ4n) is 2.47. The van der Waals surface area contributed by atoms with E-state index in [1.807, 2.05) is 11.3 Å². The topological polar surface area (TPSA) is 29.3 Å². The molecule has 0 amide bonds. The molecule has 2 heterocycles. The summed E-state index contributed by atoms with van der Waals surface area (Å²) in [7, 11) is 0. The average molecular weight is 238 g/mol. The van der Waals surface area contributed by atoms with Crippen molar-refractivity contribution in [3.05, 3.63) is 21.9 Å². The van der Waals surface area contributed by atoms with E-state index in [9.17, 15) is 0 Å². The normalized spacial score (nSPS) is 23.8. The van der Waals surface area contributed by atoms with E-state index in [0.717, 1.165) is 12.5 Å². The number of hydrogen-bond acceptors (Lipinski definition) is 3. The third-order valence-electron chi connectivity index (χ3n) is 3.57. The van der Waals surface area contributed by atoms with E-state index in [2.05, 4.69) is 30.9 Å². The molecule has 2 rings (SSSR count). The molecule has 2 nitrogen and oxygen atoms in total. The van der Waals surface area contributed by atoms with Crippen molar-refractivity contribution in [3.63, 3.8) is 0 Å². The molecule has 1 aliphatic heterocycles. The number of aryl methyl sites for hydroxylation is 1. The maximum absolute atomic E-state index is 5.73. The van der Waals surface area contributed by atoms with Gasteiger partial charge >= 0.3 is 0 Å². The van der Waals surface area contributed by atoms with Gasteiger partial charge in [0.1, 0.15) is 0 Å². The first-order valence-electron chi connectivity index (χ1n) is 6.18. The van der Waals surface area contributed by atoms with Crippen LogP contribution in [0.25, 0.3) is 0 Å². The minimum atomic E-state index is 0.662. The first-order chi connectivity index (χ1) is 7.69. The van der Waals surface area contributed by atoms with E-state index in [1.165, 1.54) is 35.7 Å². The van der Waals surface area contributed by atoms with Gasteiger partial charge in [0.25, 0.3) is 0 Å². The van der Waals surface area contributed by atoms with Gasteiger partial charge in [0.15, 0.2) is 0 Å². The Bertz CT molecular complexity index is 334. The van der Waals surface area contributed by atoms with E-state index >= 15 is 0 Å². The molecule has 1 aliphatic rings. The zero-order chi connectivity index (χ0) is 11.5. The highest BCUT2D eigenvalue weighted by molar-refractivity contribution is 7.11. The molecule has 2 N–H and O–H groups in total. The third kappa shape index (κ3) is 2.84. The van der Waals surface area contributed by atoms with E-state index in [4.69, 9.17) is 5.73 Å². The number of hydrogen-bond donors (Lipinski definition) is 1. The van der Waals surface area contributed by atoms with Crippen LogP contribution < -0.4 is 5.73 Å². The van der Waals surface area contributed by atoms with Crippen molar-refractivity contribution in [2.75, 3.05) is 19.6 Å². The maximum Gasteiger partial charge on any atom is 0.0115 e. The quantitative estimate of drug-likeness (QED) is 0.872. The molecule has 0 radical (unpaired) electrons. The molecule has 2 unspecified atom stereocenters. The Labute approximate surface area is 102 Å². The largest absolute Gasteiger partial charge is 0.330 e. The molecule has 1 aromatic rings. The Balaban J connectivity index is 1.86. The van der Waals surface area contributed by atoms with Crippen molar-refractivity contribution in [2.45, 2.75) is 32.7 Å². The fourth-order valence-corrected chi connectivity index (χ4v) is 3.48. The second-order valence-electron chi connectivity index (χ2n) is 4.95. The third-order valence-corrected chi connectivity index (χ3v) is 4.59. The highest BCUT2D eigenvalue weighted by Crippen LogP contribution is 2.22. The number of nitrogens with zero attached hydrogens (tertiary/aromatic N) is 1. The first kappa shape index (κ1) is 12.1. The fraction of sp³-hybridized carbons (Fsp3) is 0.692. The summed E-state index contributed by atoms with van der Waals surface area (Å²) in [5.41, 5.74) is 5.73. The van der Waals surface area contributed by atoms with Gasteiger partial charge in [-0.05, 0) is 57.8 Å². The van der Waals surface area contributed by atoms with Crippen LogP contribution in [0, 0.1) is 12.8 Å². The lowest BCUT2D eigenvalue weighted by Gasteiger charge is -2.23. The molecule has 0 saturated carbocycles. The van der Waals surface area contributed by atoms with E-state index in [1.54, 1.807) is 0 Å². The summed E-state index contributed by atoms with van der Waals surface area (Å²) in [6.07, 6.45) is 2.47. The smallest absolute Gasteiger partial charge is 0.0115 e. The molecule has 1 saturated heterocycles. The van der Waals surface area contributed by atoms with Crippen molar-refractivity contribution < 1.29 is 0 Å². The molecule has 0 aromatic carbocycles. The van der Waals surface area contributed by atoms with Crippen LogP contribution in [0.4, 0.5) is 0 Å². The molecule has 1 fully saturated rings. The zero-order valence-electron chi connectivity index (χ0n) is 10.3. The Morgan fingerprint density at radius 2 is 2.38 bits per heavy atom. The van der Waals surface area contributed by atoms with Gasteiger partial charge in [-0.2, -0.15) is 0 Å². The molecule has 0 aliphatic carbocycles. The zero-order valence-corrected chi connectivity index (χ0v) is 11.1. The summed E-state index contributed by atoms with van der Waals surface area (Å²) >= 11 is 1.93. The van der Waals surface area contributed by atoms with Crippen LogP contribution in [0.3, 0.4) is 0 Å². The van der Waals surface area contributed by atoms with Crippen molar-refractivity contribution in [1.82, 2.24) is 4.90 Å². The van der Waals surface area contributed by atoms with Crippen molar-refractivity contribution in [3.8, 4) is 0 Å². The molecule has 90 valence electrons. The summed E-state index contributed by atoms with van der Waals surface area (Å²) in [5, 5.41) is 0. The lowest BCUT2D eigenvalue weighted by Crippen LogP contribution is -2.33. The average Bonchev–Trinajstić information content (AvgIpc) is 2.87. The number of thiophene rings is 1. The van der Waals surface area contributed by atoms with Crippen LogP contribution in [0.1, 0.15) is 23.1 Å². The standard InChI is InChI=1S/C13H22N2S/c1-10(7-13-4-3-11(2)16-13)15-6-5-12(8-14)9-15/h3-4,10,12H,5-9,14H2,1-2H3. The Morgan fingerprint density at radius 1 is 1.56 bits per heavy atom. The molecule has 1 aromatic heterocycles. The molecular weight excluding hydrogens is 216 g/mol. The second-order valence-corrected chi connectivity index (χ2v) is 6.32. The van der Waals surface area contributed by atoms with Gasteiger partial charge in [-0.1, -0.05) is 0 Å². The van der Waals surface area contributed by atoms with Crippen LogP contribution in [-0.2, 0) is 6.42 Å². The summed E-state index contributed by atoms with van der Waals surface area (Å²) in [4.78, 5) is 5.52. The van der Waals surface area contributed by atoms with Gasteiger partial charge in [-0.3, -0.25) is 4.90 Å². The summed E-state index contributed by atoms with van der Waals surface area (Å²) in [6.45, 7) is 7.80. The summed E-state index contributed by atoms with van der Waals surface area (Å²) in [5.74, 6) is 0.729. The first-order valence-corrected chi connectivity index (χ1v) is 7.00. The SMILES string of the molecule is Cc1ccc(CC(C)N2CCC(CN)C2)s1. The lowest BCUT2D eigenvalue weighted by molar-refractivity contribution is 0.249. The minimum absolute atomic E-state index is 0.662. The number of likely N-dealkylation sites (tertiary alicyclic amines) is 1. The van der Waals surface area contributed by atoms with Gasteiger partial charge in [0, 0.05) is 22.3 Å². The Hall–Kier alpha value is -0.380. The van der Waals surface area contributed by atoms with Crippen molar-refractivity contribution in [2.24, 2.45) is 11.7 Å². The van der Waals surface area contributed by atoms with Crippen LogP contribution in [-0.4, -0.2) is 30.6 Å². The van der Waals surface area contributed by atoms with Crippen LogP contribution in [0.15, 0.2) is 12.1 Å². The maximum atomic E-state index is 5.73. The summed E-state index contributed by atoms with van der Waals surface area (Å²) in [6, 6.07) is 5.15. The number of rotatable bonds is 4. The van der Waals surface area contributed by atoms with Gasteiger partial charge in [-0.25, -0.2) is 0 Å². The Kier molecular flexibility index (Phi) is 4.00. The highest BCUT2D eigenvalue weighted by atomic mass is 32.1. The minimum Gasteiger partial charge on any atom is -0.330 e. The lowest BCUT2D eigenvalue weighted by atomic mass is 10.1. The molecule has 0 spiro atoms. The van der Waals surface area contributed by atoms with Gasteiger partial charge in [0.2, 0.25) is 0 Å². The van der Waals surface area contributed by atoms with E-state index in [-0.39, 0.29) is 0 Å². The van der Waals surface area contributed by atoms with Gasteiger partial charge in [-0.15, -0.1) is 11.3 Å². The van der Waals surface area contributed by atoms with Crippen LogP contribution >= 0.6 is 11.3 Å². The number of nitrogens with two attached hydrogens (primary N) is 1. The van der Waals surface area contributed by atoms with Crippen molar-refractivity contribution >= 4 is 11.3 Å². The molecular formula is C13H22N2S. The molecule has 0 bridgehead atoms. The highest BCUT2D eigenvalue weighted by Gasteiger charge is 2.25. The van der Waals surface area contributed by atoms with Gasteiger partial charge < -0.3 is 5.73 Å². The molecule has 16 heavy (non-hydrogen) atoms. The van der Waals surface area contributed by atoms with E-state index < -0.39 is 0 Å². The molecule has 2 atom stereocenters. The predicted octanol–water partition coefficient (Wildman–Crippen LogP) is 2.27.